The predicted molar refractivity (Wildman–Crippen MR) is 121 cm³/mol. The molecule has 1 N–H and O–H groups in total. The molecule has 0 aliphatic carbocycles. The summed E-state index contributed by atoms with van der Waals surface area (Å²) in [6.45, 7) is 2.33. The Bertz CT molecular complexity index is 692. The fourth-order valence-corrected chi connectivity index (χ4v) is 4.48. The van der Waals surface area contributed by atoms with Crippen LogP contribution in [0.1, 0.15) is 95.5 Å². The van der Waals surface area contributed by atoms with Crippen LogP contribution in [0.2, 0.25) is 0 Å². The van der Waals surface area contributed by atoms with E-state index < -0.39 is 10.0 Å². The third-order valence-corrected chi connectivity index (χ3v) is 6.60. The molecule has 0 amide bonds. The van der Waals surface area contributed by atoms with Crippen LogP contribution in [0, 0.1) is 6.92 Å². The molecular formula is C23H40N2O4S. The van der Waals surface area contributed by atoms with Crippen LogP contribution in [0.15, 0.2) is 23.4 Å². The zero-order valence-electron chi connectivity index (χ0n) is 18.8. The molecule has 7 heteroatoms. The van der Waals surface area contributed by atoms with E-state index >= 15 is 0 Å². The minimum Gasteiger partial charge on any atom is -0.469 e. The lowest BCUT2D eigenvalue weighted by Crippen LogP contribution is -2.25. The number of ether oxygens (including phenoxy) is 1. The van der Waals surface area contributed by atoms with Crippen LogP contribution in [0.25, 0.3) is 0 Å². The van der Waals surface area contributed by atoms with Crippen molar-refractivity contribution in [2.75, 3.05) is 13.7 Å². The number of nitrogens with one attached hydrogen (secondary N) is 1. The second-order valence-electron chi connectivity index (χ2n) is 7.99. The monoisotopic (exact) mass is 440 g/mol. The first kappa shape index (κ1) is 26.6. The maximum Gasteiger partial charge on any atom is 0.305 e. The Balaban J connectivity index is 1.87. The summed E-state index contributed by atoms with van der Waals surface area (Å²) < 4.78 is 31.6. The van der Waals surface area contributed by atoms with Crippen molar-refractivity contribution in [3.8, 4) is 0 Å². The summed E-state index contributed by atoms with van der Waals surface area (Å²) in [5, 5.41) is 0.101. The zero-order chi connectivity index (χ0) is 22.1. The lowest BCUT2D eigenvalue weighted by atomic mass is 10.0. The van der Waals surface area contributed by atoms with E-state index in [1.54, 1.807) is 12.1 Å². The lowest BCUT2D eigenvalue weighted by Gasteiger charge is -2.07. The molecule has 0 fully saturated rings. The number of methoxy groups -OCH3 is 1. The Morgan fingerprint density at radius 1 is 0.900 bits per heavy atom. The van der Waals surface area contributed by atoms with Crippen LogP contribution in [-0.4, -0.2) is 33.0 Å². The molecule has 172 valence electrons. The summed E-state index contributed by atoms with van der Waals surface area (Å²) in [5.74, 6) is -0.101. The van der Waals surface area contributed by atoms with Gasteiger partial charge in [-0.15, -0.1) is 0 Å². The van der Waals surface area contributed by atoms with E-state index in [9.17, 15) is 13.2 Å². The molecule has 0 saturated carbocycles. The minimum atomic E-state index is -3.49. The molecule has 0 aromatic carbocycles. The maximum absolute atomic E-state index is 12.2. The highest BCUT2D eigenvalue weighted by Crippen LogP contribution is 2.13. The molecule has 1 aromatic heterocycles. The molecule has 0 atom stereocenters. The molecule has 30 heavy (non-hydrogen) atoms. The number of pyridine rings is 1. The van der Waals surface area contributed by atoms with E-state index in [1.165, 1.54) is 64.7 Å². The number of esters is 1. The molecule has 0 saturated heterocycles. The SMILES string of the molecule is COC(=O)CCCCCCCCCCCCCCCNS(=O)(=O)c1cc(C)ccn1. The van der Waals surface area contributed by atoms with Crippen LogP contribution in [0.5, 0.6) is 0 Å². The topological polar surface area (TPSA) is 85.4 Å². The van der Waals surface area contributed by atoms with Gasteiger partial charge in [-0.2, -0.15) is 0 Å². The Kier molecular flexibility index (Phi) is 14.4. The van der Waals surface area contributed by atoms with Crippen LogP contribution in [-0.2, 0) is 19.6 Å². The van der Waals surface area contributed by atoms with Gasteiger partial charge < -0.3 is 4.74 Å². The summed E-state index contributed by atoms with van der Waals surface area (Å²) >= 11 is 0. The predicted octanol–water partition coefficient (Wildman–Crippen LogP) is 5.30. The summed E-state index contributed by atoms with van der Waals surface area (Å²) in [4.78, 5) is 14.9. The first-order chi connectivity index (χ1) is 14.5. The Morgan fingerprint density at radius 3 is 1.90 bits per heavy atom. The number of rotatable bonds is 18. The first-order valence-electron chi connectivity index (χ1n) is 11.4. The third-order valence-electron chi connectivity index (χ3n) is 5.24. The summed E-state index contributed by atoms with van der Waals surface area (Å²) in [6, 6.07) is 3.38. The van der Waals surface area contributed by atoms with E-state index in [0.29, 0.717) is 13.0 Å². The average molecular weight is 441 g/mol. The fourth-order valence-electron chi connectivity index (χ4n) is 3.38. The van der Waals surface area contributed by atoms with Crippen LogP contribution in [0.3, 0.4) is 0 Å². The number of aryl methyl sites for hydroxylation is 1. The van der Waals surface area contributed by atoms with E-state index in [0.717, 1.165) is 37.7 Å². The fraction of sp³-hybridized carbons (Fsp3) is 0.739. The second kappa shape index (κ2) is 16.3. The Morgan fingerprint density at radius 2 is 1.40 bits per heavy atom. The maximum atomic E-state index is 12.2. The second-order valence-corrected chi connectivity index (χ2v) is 9.71. The highest BCUT2D eigenvalue weighted by atomic mass is 32.2. The van der Waals surface area contributed by atoms with Gasteiger partial charge in [-0.3, -0.25) is 4.79 Å². The summed E-state index contributed by atoms with van der Waals surface area (Å²) in [5.41, 5.74) is 0.890. The zero-order valence-corrected chi connectivity index (χ0v) is 19.6. The average Bonchev–Trinajstić information content (AvgIpc) is 2.73. The van der Waals surface area contributed by atoms with Gasteiger partial charge >= 0.3 is 5.97 Å². The molecule has 6 nitrogen and oxygen atoms in total. The molecule has 0 aliphatic rings. The normalized spacial score (nSPS) is 11.5. The number of aromatic nitrogens is 1. The number of nitrogens with zero attached hydrogens (tertiary/aromatic N) is 1. The first-order valence-corrected chi connectivity index (χ1v) is 12.9. The molecule has 1 heterocycles. The van der Waals surface area contributed by atoms with Gasteiger partial charge in [0.2, 0.25) is 0 Å². The molecule has 0 aliphatic heterocycles. The summed E-state index contributed by atoms with van der Waals surface area (Å²) in [7, 11) is -2.05. The number of hydrogen-bond donors (Lipinski definition) is 1. The highest BCUT2D eigenvalue weighted by Gasteiger charge is 2.14. The number of hydrogen-bond acceptors (Lipinski definition) is 5. The molecule has 1 rings (SSSR count). The number of carbonyl (C=O) groups is 1. The van der Waals surface area contributed by atoms with Gasteiger partial charge in [-0.05, 0) is 37.5 Å². The van der Waals surface area contributed by atoms with Gasteiger partial charge in [0, 0.05) is 19.2 Å². The molecule has 1 aromatic rings. The Labute approximate surface area is 183 Å². The minimum absolute atomic E-state index is 0.101. The highest BCUT2D eigenvalue weighted by molar-refractivity contribution is 7.89. The number of sulfonamides is 1. The van der Waals surface area contributed by atoms with Gasteiger partial charge in [-0.1, -0.05) is 70.6 Å². The van der Waals surface area contributed by atoms with Gasteiger partial charge in [0.1, 0.15) is 0 Å². The van der Waals surface area contributed by atoms with Gasteiger partial charge in [-0.25, -0.2) is 18.1 Å². The molecular weight excluding hydrogens is 400 g/mol. The smallest absolute Gasteiger partial charge is 0.305 e. The molecule has 0 unspecified atom stereocenters. The van der Waals surface area contributed by atoms with E-state index in [2.05, 4.69) is 14.4 Å². The van der Waals surface area contributed by atoms with Gasteiger partial charge in [0.05, 0.1) is 7.11 Å². The molecule has 0 spiro atoms. The third kappa shape index (κ3) is 13.0. The van der Waals surface area contributed by atoms with E-state index in [-0.39, 0.29) is 11.0 Å². The quantitative estimate of drug-likeness (QED) is 0.247. The van der Waals surface area contributed by atoms with Crippen LogP contribution in [0.4, 0.5) is 0 Å². The number of unbranched alkanes of at least 4 members (excludes halogenated alkanes) is 12. The van der Waals surface area contributed by atoms with Crippen molar-refractivity contribution < 1.29 is 17.9 Å². The van der Waals surface area contributed by atoms with Crippen LogP contribution < -0.4 is 4.72 Å². The summed E-state index contributed by atoms with van der Waals surface area (Å²) in [6.07, 6.45) is 17.3. The van der Waals surface area contributed by atoms with Crippen molar-refractivity contribution in [2.45, 2.75) is 102 Å². The molecule has 0 bridgehead atoms. The van der Waals surface area contributed by atoms with Crippen molar-refractivity contribution >= 4 is 16.0 Å². The Hall–Kier alpha value is -1.47. The van der Waals surface area contributed by atoms with Crippen molar-refractivity contribution in [2.24, 2.45) is 0 Å². The van der Waals surface area contributed by atoms with Gasteiger partial charge in [0.15, 0.2) is 5.03 Å². The van der Waals surface area contributed by atoms with E-state index in [4.69, 9.17) is 0 Å². The lowest BCUT2D eigenvalue weighted by molar-refractivity contribution is -0.140. The molecule has 0 radical (unpaired) electrons. The van der Waals surface area contributed by atoms with Crippen molar-refractivity contribution in [3.63, 3.8) is 0 Å². The number of carbonyl (C=O) groups excluding carboxylic acids is 1. The largest absolute Gasteiger partial charge is 0.469 e. The van der Waals surface area contributed by atoms with Crippen molar-refractivity contribution in [3.05, 3.63) is 23.9 Å². The van der Waals surface area contributed by atoms with E-state index in [1.807, 2.05) is 6.92 Å². The van der Waals surface area contributed by atoms with Crippen LogP contribution >= 0.6 is 0 Å². The van der Waals surface area contributed by atoms with Crippen molar-refractivity contribution in [1.82, 2.24) is 9.71 Å². The standard InChI is InChI=1S/C23H40N2O4S/c1-21-17-19-24-22(20-21)30(27,28)25-18-15-13-11-9-7-5-3-4-6-8-10-12-14-16-23(26)29-2/h17,19-20,25H,3-16,18H2,1-2H3. The van der Waals surface area contributed by atoms with Crippen molar-refractivity contribution in [1.29, 1.82) is 0 Å². The van der Waals surface area contributed by atoms with Gasteiger partial charge in [0.25, 0.3) is 10.0 Å².